The van der Waals surface area contributed by atoms with E-state index in [2.05, 4.69) is 38.1 Å². The van der Waals surface area contributed by atoms with Gasteiger partial charge in [0.1, 0.15) is 0 Å². The van der Waals surface area contributed by atoms with Gasteiger partial charge in [-0.1, -0.05) is 44.9 Å². The molecule has 1 aromatic rings. The maximum Gasteiger partial charge on any atom is -0.0128 e. The average Bonchev–Trinajstić information content (AvgIpc) is 2.89. The zero-order chi connectivity index (χ0) is 15.2. The predicted molar refractivity (Wildman–Crippen MR) is 92.9 cm³/mol. The largest absolute Gasteiger partial charge is 0.0654 e. The Morgan fingerprint density at radius 3 is 3.00 bits per heavy atom. The lowest BCUT2D eigenvalue weighted by Gasteiger charge is -2.51. The molecule has 0 amide bonds. The molecule has 5 atom stereocenters. The number of hydrogen-bond donors (Lipinski definition) is 0. The summed E-state index contributed by atoms with van der Waals surface area (Å²) < 4.78 is 0. The smallest absolute Gasteiger partial charge is 0.0128 e. The summed E-state index contributed by atoms with van der Waals surface area (Å²) in [5.41, 5.74) is 3.95. The minimum absolute atomic E-state index is 0.661. The van der Waals surface area contributed by atoms with Crippen LogP contribution in [0.1, 0.15) is 82.3 Å². The molecule has 0 nitrogen and oxygen atoms in total. The third-order valence-corrected chi connectivity index (χ3v) is 7.67. The first kappa shape index (κ1) is 14.8. The van der Waals surface area contributed by atoms with Crippen molar-refractivity contribution in [1.29, 1.82) is 0 Å². The fourth-order valence-corrected chi connectivity index (χ4v) is 6.49. The van der Waals surface area contributed by atoms with E-state index in [-0.39, 0.29) is 0 Å². The van der Waals surface area contributed by atoms with E-state index in [1.807, 2.05) is 0 Å². The van der Waals surface area contributed by atoms with Gasteiger partial charge < -0.3 is 0 Å². The van der Waals surface area contributed by atoms with Crippen molar-refractivity contribution in [3.8, 4) is 0 Å². The minimum Gasteiger partial charge on any atom is -0.0654 e. The van der Waals surface area contributed by atoms with Gasteiger partial charge in [-0.05, 0) is 91.2 Å². The number of rotatable bonds is 3. The third kappa shape index (κ3) is 2.17. The predicted octanol–water partition coefficient (Wildman–Crippen LogP) is 6.15. The van der Waals surface area contributed by atoms with Crippen molar-refractivity contribution < 1.29 is 0 Å². The first-order chi connectivity index (χ1) is 10.7. The maximum atomic E-state index is 3.30. The molecule has 3 aliphatic carbocycles. The second-order valence-corrected chi connectivity index (χ2v) is 8.50. The van der Waals surface area contributed by atoms with E-state index >= 15 is 0 Å². The van der Waals surface area contributed by atoms with Crippen LogP contribution in [-0.4, -0.2) is 0 Å². The third-order valence-electron chi connectivity index (χ3n) is 7.67. The standard InChI is InChI=1S/C22H31/c1-3-4-8-17-11-13-21-20-12-10-16-7-5-6-9-18(16)19(20)14-15-22(17,21)2/h6-7,9,17,19-21H,3-4,8,10-15H2,1-2H3/t17-,19+,20+,21-,22+/m0/s1. The topological polar surface area (TPSA) is 0 Å². The zero-order valence-corrected chi connectivity index (χ0v) is 14.4. The summed E-state index contributed by atoms with van der Waals surface area (Å²) in [5.74, 6) is 3.86. The van der Waals surface area contributed by atoms with Crippen LogP contribution < -0.4 is 0 Å². The highest BCUT2D eigenvalue weighted by Crippen LogP contribution is 2.63. The van der Waals surface area contributed by atoms with E-state index in [4.69, 9.17) is 0 Å². The van der Waals surface area contributed by atoms with Crippen LogP contribution in [0.15, 0.2) is 18.2 Å². The van der Waals surface area contributed by atoms with Crippen molar-refractivity contribution in [2.75, 3.05) is 0 Å². The molecular weight excluding hydrogens is 264 g/mol. The normalized spacial score (nSPS) is 39.9. The van der Waals surface area contributed by atoms with Crippen LogP contribution >= 0.6 is 0 Å². The number of aryl methyl sites for hydroxylation is 1. The first-order valence-electron chi connectivity index (χ1n) is 9.73. The van der Waals surface area contributed by atoms with Gasteiger partial charge in [0.2, 0.25) is 0 Å². The second-order valence-electron chi connectivity index (χ2n) is 8.50. The van der Waals surface area contributed by atoms with E-state index in [1.165, 1.54) is 57.8 Å². The van der Waals surface area contributed by atoms with Gasteiger partial charge >= 0.3 is 0 Å². The van der Waals surface area contributed by atoms with E-state index < -0.39 is 0 Å². The van der Waals surface area contributed by atoms with Crippen molar-refractivity contribution in [1.82, 2.24) is 0 Å². The molecule has 0 unspecified atom stereocenters. The zero-order valence-electron chi connectivity index (χ0n) is 14.4. The SMILES string of the molecule is CCCC[C@H]1CC[C@H]2[C@@H]3CCc4c[c]ccc4[C@H]3CC[C@]12C. The molecule has 1 radical (unpaired) electrons. The maximum absolute atomic E-state index is 3.30. The molecule has 2 fully saturated rings. The van der Waals surface area contributed by atoms with Gasteiger partial charge in [0.25, 0.3) is 0 Å². The first-order valence-corrected chi connectivity index (χ1v) is 9.73. The molecule has 0 heteroatoms. The summed E-state index contributed by atoms with van der Waals surface area (Å²) in [7, 11) is 0. The van der Waals surface area contributed by atoms with E-state index in [9.17, 15) is 0 Å². The molecule has 1 aromatic carbocycles. The van der Waals surface area contributed by atoms with Crippen LogP contribution in [0.2, 0.25) is 0 Å². The van der Waals surface area contributed by atoms with Crippen LogP contribution in [0, 0.1) is 29.2 Å². The van der Waals surface area contributed by atoms with Crippen molar-refractivity contribution >= 4 is 0 Å². The molecule has 2 saturated carbocycles. The Hall–Kier alpha value is -0.780. The summed E-state index contributed by atoms with van der Waals surface area (Å²) in [6.45, 7) is 5.01. The molecule has 0 spiro atoms. The second kappa shape index (κ2) is 5.69. The van der Waals surface area contributed by atoms with Crippen LogP contribution in [0.4, 0.5) is 0 Å². The monoisotopic (exact) mass is 295 g/mol. The molecular formula is C22H31. The molecule has 3 aliphatic rings. The van der Waals surface area contributed by atoms with Gasteiger partial charge in [0.05, 0.1) is 0 Å². The minimum atomic E-state index is 0.661. The summed E-state index contributed by atoms with van der Waals surface area (Å²) in [5, 5.41) is 0. The van der Waals surface area contributed by atoms with Gasteiger partial charge in [-0.3, -0.25) is 0 Å². The average molecular weight is 295 g/mol. The fraction of sp³-hybridized carbons (Fsp3) is 0.727. The highest BCUT2D eigenvalue weighted by molar-refractivity contribution is 5.34. The summed E-state index contributed by atoms with van der Waals surface area (Å²) in [6, 6.07) is 10.1. The van der Waals surface area contributed by atoms with Crippen LogP contribution in [0.5, 0.6) is 0 Å². The van der Waals surface area contributed by atoms with Gasteiger partial charge in [-0.15, -0.1) is 0 Å². The number of benzene rings is 1. The molecule has 4 rings (SSSR count). The highest BCUT2D eigenvalue weighted by Gasteiger charge is 2.54. The van der Waals surface area contributed by atoms with Crippen molar-refractivity contribution in [3.05, 3.63) is 35.4 Å². The molecule has 0 heterocycles. The van der Waals surface area contributed by atoms with Crippen molar-refractivity contribution in [2.24, 2.45) is 23.2 Å². The summed E-state index contributed by atoms with van der Waals surface area (Å²) in [6.07, 6.45) is 13.0. The Morgan fingerprint density at radius 1 is 1.23 bits per heavy atom. The van der Waals surface area contributed by atoms with Crippen molar-refractivity contribution in [3.63, 3.8) is 0 Å². The molecule has 119 valence electrons. The lowest BCUT2D eigenvalue weighted by Crippen LogP contribution is -2.42. The van der Waals surface area contributed by atoms with Crippen LogP contribution in [-0.2, 0) is 6.42 Å². The number of unbranched alkanes of at least 4 members (excludes halogenated alkanes) is 1. The lowest BCUT2D eigenvalue weighted by atomic mass is 9.54. The van der Waals surface area contributed by atoms with E-state index in [0.29, 0.717) is 5.41 Å². The Labute approximate surface area is 136 Å². The number of hydrogen-bond acceptors (Lipinski definition) is 0. The van der Waals surface area contributed by atoms with Crippen LogP contribution in [0.3, 0.4) is 0 Å². The van der Waals surface area contributed by atoms with Gasteiger partial charge in [0.15, 0.2) is 0 Å². The van der Waals surface area contributed by atoms with Crippen LogP contribution in [0.25, 0.3) is 0 Å². The fourth-order valence-electron chi connectivity index (χ4n) is 6.49. The quantitative estimate of drug-likeness (QED) is 0.627. The Morgan fingerprint density at radius 2 is 2.14 bits per heavy atom. The summed E-state index contributed by atoms with van der Waals surface area (Å²) >= 11 is 0. The van der Waals surface area contributed by atoms with E-state index in [0.717, 1.165) is 23.7 Å². The highest BCUT2D eigenvalue weighted by atomic mass is 14.6. The van der Waals surface area contributed by atoms with Gasteiger partial charge in [-0.2, -0.15) is 0 Å². The lowest BCUT2D eigenvalue weighted by molar-refractivity contribution is 0.0253. The Balaban J connectivity index is 1.59. The Kier molecular flexibility index (Phi) is 3.83. The molecule has 0 aliphatic heterocycles. The van der Waals surface area contributed by atoms with E-state index in [1.54, 1.807) is 11.1 Å². The van der Waals surface area contributed by atoms with Crippen molar-refractivity contribution in [2.45, 2.75) is 77.6 Å². The number of fused-ring (bicyclic) bond motifs is 5. The molecule has 0 N–H and O–H groups in total. The van der Waals surface area contributed by atoms with Gasteiger partial charge in [0, 0.05) is 0 Å². The summed E-state index contributed by atoms with van der Waals surface area (Å²) in [4.78, 5) is 0. The molecule has 0 saturated heterocycles. The molecule has 0 aromatic heterocycles. The molecule has 0 bridgehead atoms. The van der Waals surface area contributed by atoms with Gasteiger partial charge in [-0.25, -0.2) is 0 Å². The Bertz CT molecular complexity index is 531. The molecule has 22 heavy (non-hydrogen) atoms.